The molecular weight excluding hydrogens is 416 g/mol. The number of nitrogens with zero attached hydrogens (tertiary/aromatic N) is 1. The quantitative estimate of drug-likeness (QED) is 0.487. The highest BCUT2D eigenvalue weighted by Gasteiger charge is 2.31. The van der Waals surface area contributed by atoms with Gasteiger partial charge in [-0.05, 0) is 74.2 Å². The largest absolute Gasteiger partial charge is 0.264 e. The molecule has 0 spiro atoms. The lowest BCUT2D eigenvalue weighted by Gasteiger charge is -2.31. The lowest BCUT2D eigenvalue weighted by Crippen LogP contribution is -2.39. The van der Waals surface area contributed by atoms with Gasteiger partial charge in [0.1, 0.15) is 5.82 Å². The Morgan fingerprint density at radius 1 is 1.12 bits per heavy atom. The third-order valence-corrected chi connectivity index (χ3v) is 7.01. The molecule has 0 aliphatic carbocycles. The summed E-state index contributed by atoms with van der Waals surface area (Å²) in [4.78, 5) is 0.0537. The maximum Gasteiger partial charge on any atom is 0.264 e. The average molecular weight is 436 g/mol. The van der Waals surface area contributed by atoms with E-state index < -0.39 is 21.9 Å². The van der Waals surface area contributed by atoms with Crippen molar-refractivity contribution in [2.45, 2.75) is 30.7 Å². The first kappa shape index (κ1) is 21.4. The van der Waals surface area contributed by atoms with Crippen molar-refractivity contribution < 1.29 is 12.8 Å². The maximum atomic E-state index is 14.5. The molecule has 8 heteroatoms. The molecular formula is C18H20Cl2FNO2S2. The van der Waals surface area contributed by atoms with Crippen LogP contribution in [0.25, 0.3) is 0 Å². The van der Waals surface area contributed by atoms with Gasteiger partial charge in [-0.3, -0.25) is 4.31 Å². The van der Waals surface area contributed by atoms with Gasteiger partial charge in [0, 0.05) is 16.1 Å². The summed E-state index contributed by atoms with van der Waals surface area (Å²) >= 11 is 13.5. The van der Waals surface area contributed by atoms with Crippen LogP contribution in [0.3, 0.4) is 0 Å². The first-order valence-corrected chi connectivity index (χ1v) is 11.6. The number of thioether (sulfide) groups is 1. The maximum absolute atomic E-state index is 14.5. The van der Waals surface area contributed by atoms with Crippen LogP contribution in [0.15, 0.2) is 47.4 Å². The van der Waals surface area contributed by atoms with Crippen LogP contribution >= 0.6 is 35.0 Å². The van der Waals surface area contributed by atoms with Crippen LogP contribution < -0.4 is 4.31 Å². The minimum absolute atomic E-state index is 0.0518. The number of halogens is 3. The van der Waals surface area contributed by atoms with Gasteiger partial charge in [-0.25, -0.2) is 12.8 Å². The van der Waals surface area contributed by atoms with Gasteiger partial charge < -0.3 is 0 Å². The van der Waals surface area contributed by atoms with Crippen molar-refractivity contribution >= 4 is 50.7 Å². The lowest BCUT2D eigenvalue weighted by molar-refractivity contribution is 0.560. The van der Waals surface area contributed by atoms with E-state index in [0.717, 1.165) is 16.5 Å². The molecule has 2 aromatic carbocycles. The number of rotatable bonds is 8. The zero-order chi connectivity index (χ0) is 19.3. The normalized spacial score (nSPS) is 12.8. The molecule has 0 heterocycles. The van der Waals surface area contributed by atoms with Crippen LogP contribution in [0.4, 0.5) is 10.1 Å². The predicted octanol–water partition coefficient (Wildman–Crippen LogP) is 5.86. The molecule has 0 bridgehead atoms. The molecule has 1 atom stereocenters. The van der Waals surface area contributed by atoms with Crippen molar-refractivity contribution in [3.8, 4) is 0 Å². The van der Waals surface area contributed by atoms with E-state index in [1.165, 1.54) is 42.5 Å². The van der Waals surface area contributed by atoms with Crippen LogP contribution in [-0.4, -0.2) is 26.5 Å². The number of anilines is 1. The Kier molecular flexibility index (Phi) is 7.64. The van der Waals surface area contributed by atoms with Crippen molar-refractivity contribution in [2.24, 2.45) is 0 Å². The summed E-state index contributed by atoms with van der Waals surface area (Å²) in [5, 5.41) is 0.700. The number of hydrogen-bond acceptors (Lipinski definition) is 3. The van der Waals surface area contributed by atoms with E-state index in [2.05, 4.69) is 0 Å². The second kappa shape index (κ2) is 9.31. The monoisotopic (exact) mass is 435 g/mol. The molecule has 0 saturated carbocycles. The first-order chi connectivity index (χ1) is 12.3. The Balaban J connectivity index is 2.52. The number of benzene rings is 2. The minimum atomic E-state index is -3.98. The summed E-state index contributed by atoms with van der Waals surface area (Å²) in [6.45, 7) is 1.77. The van der Waals surface area contributed by atoms with E-state index in [0.29, 0.717) is 11.4 Å². The van der Waals surface area contributed by atoms with Gasteiger partial charge in [0.2, 0.25) is 0 Å². The number of hydrogen-bond donors (Lipinski definition) is 0. The van der Waals surface area contributed by atoms with Crippen molar-refractivity contribution in [2.75, 3.05) is 16.3 Å². The highest BCUT2D eigenvalue weighted by Crippen LogP contribution is 2.32. The fourth-order valence-electron chi connectivity index (χ4n) is 2.62. The molecule has 2 aromatic rings. The summed E-state index contributed by atoms with van der Waals surface area (Å²) in [6.07, 6.45) is 3.40. The molecule has 0 aliphatic heterocycles. The molecule has 0 amide bonds. The first-order valence-electron chi connectivity index (χ1n) is 8.01. The summed E-state index contributed by atoms with van der Waals surface area (Å²) in [7, 11) is -3.98. The standard InChI is InChI=1S/C18H20Cl2FNO2S2/c1-13(4-3-11-25-2)22(18-12-15(20)7-10-17(18)21)26(23,24)16-8-5-14(19)6-9-16/h5-10,12-13H,3-4,11H2,1-2H3. The molecule has 3 nitrogen and oxygen atoms in total. The van der Waals surface area contributed by atoms with E-state index in [9.17, 15) is 12.8 Å². The second-order valence-electron chi connectivity index (χ2n) is 5.83. The van der Waals surface area contributed by atoms with E-state index in [4.69, 9.17) is 23.2 Å². The average Bonchev–Trinajstić information content (AvgIpc) is 2.58. The molecule has 26 heavy (non-hydrogen) atoms. The number of sulfonamides is 1. The van der Waals surface area contributed by atoms with Gasteiger partial charge in [-0.2, -0.15) is 11.8 Å². The Bertz CT molecular complexity index is 845. The van der Waals surface area contributed by atoms with E-state index in [-0.39, 0.29) is 15.6 Å². The van der Waals surface area contributed by atoms with Gasteiger partial charge in [0.15, 0.2) is 0 Å². The van der Waals surface area contributed by atoms with Crippen molar-refractivity contribution in [3.63, 3.8) is 0 Å². The molecule has 1 unspecified atom stereocenters. The molecule has 142 valence electrons. The van der Waals surface area contributed by atoms with Crippen molar-refractivity contribution in [3.05, 3.63) is 58.3 Å². The fraction of sp³-hybridized carbons (Fsp3) is 0.333. The van der Waals surface area contributed by atoms with Gasteiger partial charge in [-0.15, -0.1) is 0 Å². The third kappa shape index (κ3) is 5.06. The summed E-state index contributed by atoms with van der Waals surface area (Å²) < 4.78 is 42.1. The predicted molar refractivity (Wildman–Crippen MR) is 110 cm³/mol. The molecule has 0 aromatic heterocycles. The van der Waals surface area contributed by atoms with Crippen molar-refractivity contribution in [1.29, 1.82) is 0 Å². The van der Waals surface area contributed by atoms with E-state index in [1.807, 2.05) is 6.26 Å². The van der Waals surface area contributed by atoms with Crippen LogP contribution in [0.1, 0.15) is 19.8 Å². The van der Waals surface area contributed by atoms with Gasteiger partial charge >= 0.3 is 0 Å². The Hall–Kier alpha value is -0.950. The molecule has 0 fully saturated rings. The Morgan fingerprint density at radius 2 is 1.73 bits per heavy atom. The highest BCUT2D eigenvalue weighted by atomic mass is 35.5. The van der Waals surface area contributed by atoms with Gasteiger partial charge in [-0.1, -0.05) is 23.2 Å². The summed E-state index contributed by atoms with van der Waals surface area (Å²) in [6, 6.07) is 9.32. The van der Waals surface area contributed by atoms with Crippen LogP contribution in [-0.2, 0) is 10.0 Å². The Labute approximate surface area is 168 Å². The van der Waals surface area contributed by atoms with E-state index in [1.54, 1.807) is 18.7 Å². The smallest absolute Gasteiger partial charge is 0.261 e. The van der Waals surface area contributed by atoms with Crippen LogP contribution in [0.5, 0.6) is 0 Å². The SMILES string of the molecule is CSCCCC(C)N(c1cc(Cl)ccc1F)S(=O)(=O)c1ccc(Cl)cc1. The molecule has 0 saturated heterocycles. The fourth-order valence-corrected chi connectivity index (χ4v) is 5.05. The summed E-state index contributed by atoms with van der Waals surface area (Å²) in [5.74, 6) is 0.264. The molecule has 0 N–H and O–H groups in total. The van der Waals surface area contributed by atoms with Gasteiger partial charge in [0.25, 0.3) is 10.0 Å². The topological polar surface area (TPSA) is 37.4 Å². The highest BCUT2D eigenvalue weighted by molar-refractivity contribution is 7.98. The zero-order valence-electron chi connectivity index (χ0n) is 14.5. The minimum Gasteiger partial charge on any atom is -0.261 e. The van der Waals surface area contributed by atoms with Crippen LogP contribution in [0.2, 0.25) is 10.0 Å². The van der Waals surface area contributed by atoms with Crippen LogP contribution in [0, 0.1) is 5.82 Å². The molecule has 0 aliphatic rings. The van der Waals surface area contributed by atoms with E-state index >= 15 is 0 Å². The molecule has 2 rings (SSSR count). The second-order valence-corrected chi connectivity index (χ2v) is 9.51. The van der Waals surface area contributed by atoms with Gasteiger partial charge in [0.05, 0.1) is 10.6 Å². The van der Waals surface area contributed by atoms with Crippen molar-refractivity contribution in [1.82, 2.24) is 0 Å². The lowest BCUT2D eigenvalue weighted by atomic mass is 10.2. The molecule has 0 radical (unpaired) electrons. The summed E-state index contributed by atoms with van der Waals surface area (Å²) in [5.41, 5.74) is -0.0518. The zero-order valence-corrected chi connectivity index (χ0v) is 17.6. The third-order valence-electron chi connectivity index (χ3n) is 3.89. The Morgan fingerprint density at radius 3 is 2.35 bits per heavy atom.